The molecule has 0 amide bonds. The molecule has 0 aromatic carbocycles. The van der Waals surface area contributed by atoms with E-state index in [-0.39, 0.29) is 18.6 Å². The fourth-order valence-electron chi connectivity index (χ4n) is 2.22. The second kappa shape index (κ2) is 7.19. The predicted molar refractivity (Wildman–Crippen MR) is 104 cm³/mol. The third-order valence-electron chi connectivity index (χ3n) is 3.29. The van der Waals surface area contributed by atoms with Gasteiger partial charge < -0.3 is 20.0 Å². The maximum absolute atomic E-state index is 12.2. The van der Waals surface area contributed by atoms with Crippen LogP contribution in [0.1, 0.15) is 20.8 Å². The van der Waals surface area contributed by atoms with E-state index in [1.165, 1.54) is 0 Å². The van der Waals surface area contributed by atoms with E-state index in [0.717, 1.165) is 12.7 Å². The van der Waals surface area contributed by atoms with Crippen molar-refractivity contribution in [3.63, 3.8) is 0 Å². The van der Waals surface area contributed by atoms with E-state index in [4.69, 9.17) is 9.94 Å². The Bertz CT molecular complexity index is 622. The number of oxime groups is 1. The van der Waals surface area contributed by atoms with Gasteiger partial charge in [0.05, 0.1) is 24.8 Å². The van der Waals surface area contributed by atoms with Gasteiger partial charge in [-0.2, -0.15) is 0 Å². The zero-order valence-electron chi connectivity index (χ0n) is 13.0. The minimum atomic E-state index is -0.826. The first-order chi connectivity index (χ1) is 10.6. The van der Waals surface area contributed by atoms with E-state index in [9.17, 15) is 9.90 Å². The molecule has 0 aromatic rings. The average Bonchev–Trinajstić information content (AvgIpc) is 2.80. The lowest BCUT2D eigenvalue weighted by molar-refractivity contribution is -0.136. The van der Waals surface area contributed by atoms with Gasteiger partial charge in [0, 0.05) is 30.5 Å². The van der Waals surface area contributed by atoms with Gasteiger partial charge in [0.2, 0.25) is 0 Å². The summed E-state index contributed by atoms with van der Waals surface area (Å²) >= 11 is 4.31. The highest BCUT2D eigenvalue weighted by Crippen LogP contribution is 2.40. The van der Waals surface area contributed by atoms with E-state index in [0.29, 0.717) is 11.3 Å². The number of hydrogen-bond acceptors (Lipinski definition) is 6. The molecular formula is C15H18I2N2O4. The van der Waals surface area contributed by atoms with Gasteiger partial charge in [-0.15, -0.1) is 0 Å². The summed E-state index contributed by atoms with van der Waals surface area (Å²) in [7, 11) is 0. The Kier molecular flexibility index (Phi) is 5.90. The highest BCUT2D eigenvalue weighted by Gasteiger charge is 2.38. The first-order valence-corrected chi connectivity index (χ1v) is 9.15. The molecule has 8 heteroatoms. The van der Waals surface area contributed by atoms with Gasteiger partial charge in [0.1, 0.15) is 5.71 Å². The van der Waals surface area contributed by atoms with E-state index in [1.807, 2.05) is 33.2 Å². The molecule has 0 aliphatic carbocycles. The van der Waals surface area contributed by atoms with Crippen LogP contribution >= 0.6 is 45.2 Å². The highest BCUT2D eigenvalue weighted by molar-refractivity contribution is 14.1. The van der Waals surface area contributed by atoms with Crippen LogP contribution in [-0.2, 0) is 9.63 Å². The lowest BCUT2D eigenvalue weighted by Crippen LogP contribution is -2.29. The second-order valence-electron chi connectivity index (χ2n) is 6.31. The van der Waals surface area contributed by atoms with Crippen molar-refractivity contribution in [3.05, 3.63) is 30.7 Å². The molecule has 2 heterocycles. The average molecular weight is 544 g/mol. The number of hydrogen-bond donors (Lipinski definition) is 2. The number of halogens is 2. The molecule has 0 spiro atoms. The number of allylic oxidation sites excluding steroid dienone is 3. The third-order valence-corrected chi connectivity index (χ3v) is 4.93. The molecule has 126 valence electrons. The van der Waals surface area contributed by atoms with Gasteiger partial charge in [0.15, 0.2) is 0 Å². The van der Waals surface area contributed by atoms with Crippen molar-refractivity contribution in [1.29, 1.82) is 0 Å². The Labute approximate surface area is 162 Å². The van der Waals surface area contributed by atoms with E-state index >= 15 is 0 Å². The standard InChI is InChI=1S/C15H18I2N2O4/c1-15(2,3)13-12(14(22)23-18-13)11-9(16)5-19(6-10(11)17)4-8(21)7-20/h5-6,8,20-21H,4,7H2,1-3H3. The molecular weight excluding hydrogens is 526 g/mol. The van der Waals surface area contributed by atoms with Gasteiger partial charge in [-0.25, -0.2) is 4.79 Å². The number of rotatable bonds is 3. The minimum absolute atomic E-state index is 0.281. The number of β-amino-alcohol motifs (C(OH)–C–C–N with tert-alkyl or cyclic N) is 1. The van der Waals surface area contributed by atoms with E-state index in [2.05, 4.69) is 50.3 Å². The number of carbonyl (C=O) groups excluding carboxylic acids is 1. The smallest absolute Gasteiger partial charge is 0.368 e. The van der Waals surface area contributed by atoms with Crippen molar-refractivity contribution in [3.8, 4) is 0 Å². The summed E-state index contributed by atoms with van der Waals surface area (Å²) in [6, 6.07) is 0. The van der Waals surface area contributed by atoms with E-state index in [1.54, 1.807) is 4.90 Å². The maximum atomic E-state index is 12.2. The van der Waals surface area contributed by atoms with Gasteiger partial charge in [-0.05, 0) is 45.2 Å². The normalized spacial score (nSPS) is 20.2. The van der Waals surface area contributed by atoms with Gasteiger partial charge in [-0.1, -0.05) is 25.9 Å². The summed E-state index contributed by atoms with van der Waals surface area (Å²) in [4.78, 5) is 18.9. The largest absolute Gasteiger partial charge is 0.394 e. The number of aliphatic hydroxyl groups excluding tert-OH is 2. The van der Waals surface area contributed by atoms with E-state index < -0.39 is 12.1 Å². The molecule has 0 aromatic heterocycles. The SMILES string of the molecule is CC(C)(C)C1=NOC(=O)C1=C1C(I)=CN(CC(O)CO)C=C1I. The van der Waals surface area contributed by atoms with Crippen LogP contribution < -0.4 is 0 Å². The molecule has 0 saturated heterocycles. The summed E-state index contributed by atoms with van der Waals surface area (Å²) in [6.07, 6.45) is 2.83. The van der Waals surface area contributed by atoms with Crippen LogP contribution in [0.5, 0.6) is 0 Å². The first-order valence-electron chi connectivity index (χ1n) is 6.99. The van der Waals surface area contributed by atoms with Gasteiger partial charge in [-0.3, -0.25) is 0 Å². The second-order valence-corrected chi connectivity index (χ2v) is 8.63. The molecule has 2 rings (SSSR count). The highest BCUT2D eigenvalue weighted by atomic mass is 127. The lowest BCUT2D eigenvalue weighted by Gasteiger charge is -2.26. The molecule has 0 radical (unpaired) electrons. The predicted octanol–water partition coefficient (Wildman–Crippen LogP) is 2.46. The van der Waals surface area contributed by atoms with Crippen molar-refractivity contribution in [2.24, 2.45) is 10.6 Å². The summed E-state index contributed by atoms with van der Waals surface area (Å²) in [6.45, 7) is 5.92. The summed E-state index contributed by atoms with van der Waals surface area (Å²) < 4.78 is 1.70. The Morgan fingerprint density at radius 2 is 1.83 bits per heavy atom. The first kappa shape index (κ1) is 18.9. The van der Waals surface area contributed by atoms with Crippen molar-refractivity contribution < 1.29 is 19.8 Å². The quantitative estimate of drug-likeness (QED) is 0.325. The third kappa shape index (κ3) is 4.15. The number of carbonyl (C=O) groups is 1. The molecule has 2 aliphatic rings. The Hall–Kier alpha value is -0.460. The molecule has 2 N–H and O–H groups in total. The van der Waals surface area contributed by atoms with Gasteiger partial charge >= 0.3 is 5.97 Å². The van der Waals surface area contributed by atoms with Crippen molar-refractivity contribution in [2.75, 3.05) is 13.2 Å². The lowest BCUT2D eigenvalue weighted by atomic mass is 9.83. The summed E-state index contributed by atoms with van der Waals surface area (Å²) in [5, 5.41) is 22.5. The van der Waals surface area contributed by atoms with Crippen LogP contribution in [0.25, 0.3) is 0 Å². The molecule has 0 fully saturated rings. The topological polar surface area (TPSA) is 82.4 Å². The Balaban J connectivity index is 2.44. The fourth-order valence-corrected chi connectivity index (χ4v) is 4.58. The van der Waals surface area contributed by atoms with Crippen LogP contribution in [0.2, 0.25) is 0 Å². The monoisotopic (exact) mass is 544 g/mol. The van der Waals surface area contributed by atoms with Crippen molar-refractivity contribution >= 4 is 56.9 Å². The molecule has 6 nitrogen and oxygen atoms in total. The van der Waals surface area contributed by atoms with Crippen LogP contribution in [-0.4, -0.2) is 46.0 Å². The number of aliphatic hydroxyl groups is 2. The Morgan fingerprint density at radius 3 is 2.30 bits per heavy atom. The van der Waals surface area contributed by atoms with Crippen molar-refractivity contribution in [1.82, 2.24) is 4.90 Å². The fraction of sp³-hybridized carbons (Fsp3) is 0.467. The van der Waals surface area contributed by atoms with Crippen LogP contribution in [0, 0.1) is 5.41 Å². The van der Waals surface area contributed by atoms with Crippen LogP contribution in [0.3, 0.4) is 0 Å². The Morgan fingerprint density at radius 1 is 1.26 bits per heavy atom. The summed E-state index contributed by atoms with van der Waals surface area (Å²) in [5.74, 6) is -0.445. The molecule has 1 atom stereocenters. The molecule has 0 saturated carbocycles. The maximum Gasteiger partial charge on any atom is 0.368 e. The molecule has 23 heavy (non-hydrogen) atoms. The van der Waals surface area contributed by atoms with Crippen LogP contribution in [0.4, 0.5) is 0 Å². The zero-order chi connectivity index (χ0) is 17.4. The molecule has 1 unspecified atom stereocenters. The molecule has 0 bridgehead atoms. The van der Waals surface area contributed by atoms with Crippen LogP contribution in [0.15, 0.2) is 35.9 Å². The minimum Gasteiger partial charge on any atom is -0.394 e. The molecule has 2 aliphatic heterocycles. The summed E-state index contributed by atoms with van der Waals surface area (Å²) in [5.41, 5.74) is 1.59. The number of nitrogens with zero attached hydrogens (tertiary/aromatic N) is 2. The van der Waals surface area contributed by atoms with Gasteiger partial charge in [0.25, 0.3) is 0 Å². The van der Waals surface area contributed by atoms with Crippen molar-refractivity contribution in [2.45, 2.75) is 26.9 Å². The zero-order valence-corrected chi connectivity index (χ0v) is 17.3.